The lowest BCUT2D eigenvalue weighted by molar-refractivity contribution is -0.144. The number of anilines is 1. The van der Waals surface area contributed by atoms with Crippen LogP contribution in [0.3, 0.4) is 0 Å². The molecule has 0 aromatic heterocycles. The molecule has 94 valence electrons. The molecule has 2 atom stereocenters. The van der Waals surface area contributed by atoms with Crippen LogP contribution in [0.4, 0.5) is 5.69 Å². The normalized spacial score (nSPS) is 28.4. The monoisotopic (exact) mass is 247 g/mol. The maximum atomic E-state index is 12.3. The zero-order valence-electron chi connectivity index (χ0n) is 10.2. The Hall–Kier alpha value is -1.88. The molecule has 3 rings (SSSR count). The molecule has 0 bridgehead atoms. The van der Waals surface area contributed by atoms with Gasteiger partial charge in [-0.05, 0) is 13.0 Å². The summed E-state index contributed by atoms with van der Waals surface area (Å²) < 4.78 is 10.3. The first kappa shape index (κ1) is 11.2. The van der Waals surface area contributed by atoms with Crippen molar-refractivity contribution >= 4 is 17.6 Å². The summed E-state index contributed by atoms with van der Waals surface area (Å²) >= 11 is 0. The number of likely N-dealkylation sites (N-methyl/N-ethyl adjacent to an activating group) is 1. The van der Waals surface area contributed by atoms with E-state index in [2.05, 4.69) is 0 Å². The Morgan fingerprint density at radius 3 is 2.94 bits per heavy atom. The molecule has 1 saturated heterocycles. The topological polar surface area (TPSA) is 59.1 Å². The summed E-state index contributed by atoms with van der Waals surface area (Å²) in [5.74, 6) is -0.683. The van der Waals surface area contributed by atoms with Crippen LogP contribution >= 0.6 is 0 Å². The minimum atomic E-state index is -1.14. The number of benzene rings is 1. The molecule has 1 aromatic rings. The molecule has 5 nitrogen and oxygen atoms in total. The standard InChI is InChI=1S/C13H13NO4/c1-3-17-11(15)10-13(18-10)8-6-4-5-7-9(8)14(2)12(13)16/h4-7,10H,3H2,1-2H3/t10-,13+/m1/s1. The molecule has 0 saturated carbocycles. The van der Waals surface area contributed by atoms with Crippen molar-refractivity contribution < 1.29 is 19.1 Å². The first-order valence-electron chi connectivity index (χ1n) is 5.85. The zero-order chi connectivity index (χ0) is 12.9. The van der Waals surface area contributed by atoms with E-state index < -0.39 is 17.7 Å². The van der Waals surface area contributed by atoms with Crippen LogP contribution in [0, 0.1) is 0 Å². The molecule has 18 heavy (non-hydrogen) atoms. The number of hydrogen-bond donors (Lipinski definition) is 0. The maximum Gasteiger partial charge on any atom is 0.339 e. The van der Waals surface area contributed by atoms with Crippen LogP contribution in [0.1, 0.15) is 12.5 Å². The van der Waals surface area contributed by atoms with Gasteiger partial charge in [0.15, 0.2) is 6.10 Å². The minimum absolute atomic E-state index is 0.207. The van der Waals surface area contributed by atoms with Crippen molar-refractivity contribution in [1.82, 2.24) is 0 Å². The average molecular weight is 247 g/mol. The first-order valence-corrected chi connectivity index (χ1v) is 5.85. The van der Waals surface area contributed by atoms with Gasteiger partial charge >= 0.3 is 5.97 Å². The highest BCUT2D eigenvalue weighted by Gasteiger charge is 2.72. The summed E-state index contributed by atoms with van der Waals surface area (Å²) in [4.78, 5) is 25.5. The molecule has 2 aliphatic rings. The van der Waals surface area contributed by atoms with Crippen molar-refractivity contribution in [3.05, 3.63) is 29.8 Å². The molecule has 2 aliphatic heterocycles. The van der Waals surface area contributed by atoms with Crippen molar-refractivity contribution in [3.8, 4) is 0 Å². The molecule has 0 unspecified atom stereocenters. The lowest BCUT2D eigenvalue weighted by atomic mass is 9.97. The number of esters is 1. The van der Waals surface area contributed by atoms with Crippen molar-refractivity contribution in [2.45, 2.75) is 18.6 Å². The summed E-state index contributed by atoms with van der Waals surface area (Å²) in [5.41, 5.74) is 0.391. The molecule has 0 N–H and O–H groups in total. The number of nitrogens with zero attached hydrogens (tertiary/aromatic N) is 1. The number of rotatable bonds is 2. The summed E-state index contributed by atoms with van der Waals surface area (Å²) in [6, 6.07) is 7.34. The Balaban J connectivity index is 2.00. The second-order valence-electron chi connectivity index (χ2n) is 4.37. The number of amides is 1. The molecular formula is C13H13NO4. The molecule has 1 amide bonds. The number of hydrogen-bond acceptors (Lipinski definition) is 4. The van der Waals surface area contributed by atoms with E-state index in [0.717, 1.165) is 11.3 Å². The summed E-state index contributed by atoms with van der Waals surface area (Å²) in [5, 5.41) is 0. The van der Waals surface area contributed by atoms with Crippen molar-refractivity contribution in [3.63, 3.8) is 0 Å². The van der Waals surface area contributed by atoms with Gasteiger partial charge in [0.05, 0.1) is 12.3 Å². The Morgan fingerprint density at radius 2 is 2.22 bits per heavy atom. The molecule has 0 aliphatic carbocycles. The van der Waals surface area contributed by atoms with Gasteiger partial charge in [0.25, 0.3) is 5.91 Å². The van der Waals surface area contributed by atoms with Gasteiger partial charge in [-0.1, -0.05) is 18.2 Å². The quantitative estimate of drug-likeness (QED) is 0.573. The molecule has 2 heterocycles. The van der Waals surface area contributed by atoms with Crippen LogP contribution in [-0.4, -0.2) is 31.6 Å². The van der Waals surface area contributed by atoms with E-state index in [0.29, 0.717) is 0 Å². The van der Waals surface area contributed by atoms with Gasteiger partial charge in [-0.3, -0.25) is 4.79 Å². The number of ether oxygens (including phenoxy) is 2. The third-order valence-electron chi connectivity index (χ3n) is 3.40. The van der Waals surface area contributed by atoms with Crippen LogP contribution in [0.5, 0.6) is 0 Å². The highest BCUT2D eigenvalue weighted by Crippen LogP contribution is 2.55. The molecule has 1 aromatic carbocycles. The fourth-order valence-electron chi connectivity index (χ4n) is 2.51. The summed E-state index contributed by atoms with van der Waals surface area (Å²) in [6.07, 6.45) is -0.809. The second kappa shape index (κ2) is 3.55. The lowest BCUT2D eigenvalue weighted by Gasteiger charge is -2.08. The van der Waals surface area contributed by atoms with Gasteiger partial charge in [-0.15, -0.1) is 0 Å². The van der Waals surface area contributed by atoms with Gasteiger partial charge in [-0.25, -0.2) is 4.79 Å². The Morgan fingerprint density at radius 1 is 1.50 bits per heavy atom. The molecular weight excluding hydrogens is 234 g/mol. The fourth-order valence-corrected chi connectivity index (χ4v) is 2.51. The predicted molar refractivity (Wildman–Crippen MR) is 63.0 cm³/mol. The predicted octanol–water partition coefficient (Wildman–Crippen LogP) is 0.820. The van der Waals surface area contributed by atoms with E-state index in [4.69, 9.17) is 9.47 Å². The van der Waals surface area contributed by atoms with Crippen LogP contribution in [0.25, 0.3) is 0 Å². The Bertz CT molecular complexity index is 542. The van der Waals surface area contributed by atoms with Crippen molar-refractivity contribution in [1.29, 1.82) is 0 Å². The van der Waals surface area contributed by atoms with Crippen LogP contribution < -0.4 is 4.90 Å². The van der Waals surface area contributed by atoms with Crippen LogP contribution in [0.2, 0.25) is 0 Å². The summed E-state index contributed by atoms with van der Waals surface area (Å²) in [7, 11) is 1.68. The van der Waals surface area contributed by atoms with Gasteiger partial charge in [0, 0.05) is 12.6 Å². The van der Waals surface area contributed by atoms with Gasteiger partial charge in [-0.2, -0.15) is 0 Å². The van der Waals surface area contributed by atoms with Gasteiger partial charge in [0.2, 0.25) is 5.60 Å². The molecule has 1 fully saturated rings. The first-order chi connectivity index (χ1) is 8.63. The van der Waals surface area contributed by atoms with E-state index in [-0.39, 0.29) is 12.5 Å². The summed E-state index contributed by atoms with van der Waals surface area (Å²) in [6.45, 7) is 2.00. The van der Waals surface area contributed by atoms with E-state index in [1.165, 1.54) is 4.90 Å². The van der Waals surface area contributed by atoms with Crippen LogP contribution in [0.15, 0.2) is 24.3 Å². The third kappa shape index (κ3) is 1.19. The molecule has 0 radical (unpaired) electrons. The highest BCUT2D eigenvalue weighted by molar-refractivity contribution is 6.12. The lowest BCUT2D eigenvalue weighted by Crippen LogP contribution is -2.33. The van der Waals surface area contributed by atoms with E-state index in [1.54, 1.807) is 14.0 Å². The van der Waals surface area contributed by atoms with Gasteiger partial charge in [0.1, 0.15) is 0 Å². The number of epoxide rings is 1. The van der Waals surface area contributed by atoms with Crippen LogP contribution in [-0.2, 0) is 24.7 Å². The number of fused-ring (bicyclic) bond motifs is 2. The van der Waals surface area contributed by atoms with E-state index >= 15 is 0 Å². The smallest absolute Gasteiger partial charge is 0.339 e. The highest BCUT2D eigenvalue weighted by atomic mass is 16.7. The van der Waals surface area contributed by atoms with Gasteiger partial charge < -0.3 is 14.4 Å². The minimum Gasteiger partial charge on any atom is -0.464 e. The Labute approximate surface area is 104 Å². The second-order valence-corrected chi connectivity index (χ2v) is 4.37. The molecule has 5 heteroatoms. The largest absolute Gasteiger partial charge is 0.464 e. The fraction of sp³-hybridized carbons (Fsp3) is 0.385. The SMILES string of the molecule is CCOC(=O)[C@H]1O[C@]12C(=O)N(C)c1ccccc12. The maximum absolute atomic E-state index is 12.3. The Kier molecular flexibility index (Phi) is 2.22. The van der Waals surface area contributed by atoms with Crippen molar-refractivity contribution in [2.24, 2.45) is 0 Å². The van der Waals surface area contributed by atoms with E-state index in [9.17, 15) is 9.59 Å². The zero-order valence-corrected chi connectivity index (χ0v) is 10.2. The number of carbonyl (C=O) groups excluding carboxylic acids is 2. The number of para-hydroxylation sites is 1. The van der Waals surface area contributed by atoms with Crippen molar-refractivity contribution in [2.75, 3.05) is 18.6 Å². The average Bonchev–Trinajstić information content (AvgIpc) is 3.09. The third-order valence-corrected chi connectivity index (χ3v) is 3.40. The van der Waals surface area contributed by atoms with E-state index in [1.807, 2.05) is 24.3 Å². The number of carbonyl (C=O) groups is 2. The molecule has 1 spiro atoms.